The molecule has 0 spiro atoms. The highest BCUT2D eigenvalue weighted by Crippen LogP contribution is 2.12. The lowest BCUT2D eigenvalue weighted by atomic mass is 9.96. The number of aliphatic hydroxyl groups is 2. The summed E-state index contributed by atoms with van der Waals surface area (Å²) < 4.78 is 0. The summed E-state index contributed by atoms with van der Waals surface area (Å²) in [7, 11) is 0. The van der Waals surface area contributed by atoms with Gasteiger partial charge in [-0.2, -0.15) is 0 Å². The summed E-state index contributed by atoms with van der Waals surface area (Å²) in [6.45, 7) is 1.26. The Kier molecular flexibility index (Phi) is 13.7. The number of amides is 6. The Balaban J connectivity index is 2.03. The van der Waals surface area contributed by atoms with Crippen LogP contribution in [-0.2, 0) is 41.6 Å². The molecule has 0 aromatic heterocycles. The molecule has 2 aromatic rings. The quantitative estimate of drug-likeness (QED) is 0.162. The largest absolute Gasteiger partial charge is 0.394 e. The second-order valence-electron chi connectivity index (χ2n) is 11.1. The predicted molar refractivity (Wildman–Crippen MR) is 167 cm³/mol. The van der Waals surface area contributed by atoms with Crippen LogP contribution in [0.3, 0.4) is 0 Å². The van der Waals surface area contributed by atoms with Crippen molar-refractivity contribution >= 4 is 35.4 Å². The molecule has 2 aromatic carbocycles. The fraction of sp³-hybridized carbons (Fsp3) is 0.438. The third-order valence-electron chi connectivity index (χ3n) is 7.70. The Morgan fingerprint density at radius 2 is 1.04 bits per heavy atom. The van der Waals surface area contributed by atoms with E-state index in [9.17, 15) is 39.0 Å². The summed E-state index contributed by atoms with van der Waals surface area (Å²) in [5, 5.41) is 34.7. The molecule has 1 aliphatic rings. The van der Waals surface area contributed by atoms with Gasteiger partial charge in [0.1, 0.15) is 30.2 Å². The van der Waals surface area contributed by atoms with E-state index >= 15 is 0 Å². The smallest absolute Gasteiger partial charge is 0.245 e. The van der Waals surface area contributed by atoms with Crippen LogP contribution in [0.4, 0.5) is 0 Å². The van der Waals surface area contributed by atoms with Gasteiger partial charge in [0.2, 0.25) is 35.4 Å². The zero-order chi connectivity index (χ0) is 33.6. The van der Waals surface area contributed by atoms with Gasteiger partial charge in [-0.3, -0.25) is 28.8 Å². The molecule has 1 aliphatic heterocycles. The summed E-state index contributed by atoms with van der Waals surface area (Å²) in [6, 6.07) is 11.2. The Hall–Kier alpha value is -4.82. The minimum absolute atomic E-state index is 0.0146. The lowest BCUT2D eigenvalue weighted by Crippen LogP contribution is -2.62. The molecule has 1 saturated heterocycles. The van der Waals surface area contributed by atoms with Crippen molar-refractivity contribution in [3.05, 3.63) is 71.8 Å². The average molecular weight is 639 g/mol. The number of hydrogen-bond donors (Lipinski definition) is 8. The number of rotatable bonds is 8. The number of carbonyl (C=O) groups is 6. The topological polar surface area (TPSA) is 215 Å². The van der Waals surface area contributed by atoms with Gasteiger partial charge in [0.05, 0.1) is 19.8 Å². The number of benzene rings is 2. The van der Waals surface area contributed by atoms with Gasteiger partial charge in [-0.05, 0) is 17.0 Å². The summed E-state index contributed by atoms with van der Waals surface area (Å²) >= 11 is 0. The SMILES string of the molecule is CC[C@H](C)[C@@H]1NC(=O)[C@H](CO)NC(=O)CNC(=O)[C@H](CO)NC(=O)[C@H](Cc2ccccc2)NC(=O)[C@H](Cc2ccccc2)NC1=O. The van der Waals surface area contributed by atoms with Gasteiger partial charge in [-0.25, -0.2) is 0 Å². The highest BCUT2D eigenvalue weighted by Gasteiger charge is 2.34. The fourth-order valence-corrected chi connectivity index (χ4v) is 4.80. The molecule has 0 bridgehead atoms. The molecule has 14 nitrogen and oxygen atoms in total. The fourth-order valence-electron chi connectivity index (χ4n) is 4.80. The lowest BCUT2D eigenvalue weighted by Gasteiger charge is -2.29. The number of hydrogen-bond acceptors (Lipinski definition) is 8. The summed E-state index contributed by atoms with van der Waals surface area (Å²) in [4.78, 5) is 79.5. The van der Waals surface area contributed by atoms with Crippen molar-refractivity contribution in [2.75, 3.05) is 19.8 Å². The Bertz CT molecular complexity index is 1360. The maximum Gasteiger partial charge on any atom is 0.245 e. The molecule has 6 amide bonds. The first-order valence-corrected chi connectivity index (χ1v) is 15.1. The zero-order valence-electron chi connectivity index (χ0n) is 25.8. The molecule has 0 radical (unpaired) electrons. The average Bonchev–Trinajstić information content (AvgIpc) is 3.06. The first kappa shape index (κ1) is 35.7. The second-order valence-corrected chi connectivity index (χ2v) is 11.1. The highest BCUT2D eigenvalue weighted by molar-refractivity contribution is 5.97. The first-order valence-electron chi connectivity index (χ1n) is 15.1. The van der Waals surface area contributed by atoms with Crippen LogP contribution in [0.1, 0.15) is 31.4 Å². The summed E-state index contributed by atoms with van der Waals surface area (Å²) in [5.41, 5.74) is 1.40. The maximum atomic E-state index is 13.9. The van der Waals surface area contributed by atoms with Crippen molar-refractivity contribution in [1.29, 1.82) is 0 Å². The molecular formula is C32H42N6O8. The second kappa shape index (κ2) is 17.6. The zero-order valence-corrected chi connectivity index (χ0v) is 25.8. The normalized spacial score (nSPS) is 24.6. The van der Waals surface area contributed by atoms with Crippen LogP contribution in [0.2, 0.25) is 0 Å². The van der Waals surface area contributed by atoms with E-state index < -0.39 is 91.3 Å². The molecule has 46 heavy (non-hydrogen) atoms. The minimum atomic E-state index is -1.48. The van der Waals surface area contributed by atoms with E-state index in [0.717, 1.165) is 0 Å². The lowest BCUT2D eigenvalue weighted by molar-refractivity contribution is -0.137. The van der Waals surface area contributed by atoms with Crippen LogP contribution >= 0.6 is 0 Å². The molecular weight excluding hydrogens is 596 g/mol. The van der Waals surface area contributed by atoms with Crippen LogP contribution in [0.5, 0.6) is 0 Å². The molecule has 3 rings (SSSR count). The third kappa shape index (κ3) is 10.4. The van der Waals surface area contributed by atoms with Crippen LogP contribution in [0, 0.1) is 5.92 Å². The Morgan fingerprint density at radius 3 is 1.52 bits per heavy atom. The molecule has 1 fully saturated rings. The third-order valence-corrected chi connectivity index (χ3v) is 7.70. The number of aliphatic hydroxyl groups excluding tert-OH is 2. The van der Waals surface area contributed by atoms with Crippen molar-refractivity contribution in [1.82, 2.24) is 31.9 Å². The van der Waals surface area contributed by atoms with Crippen molar-refractivity contribution in [2.24, 2.45) is 5.92 Å². The molecule has 14 heteroatoms. The van der Waals surface area contributed by atoms with Crippen molar-refractivity contribution in [3.8, 4) is 0 Å². The molecule has 8 N–H and O–H groups in total. The van der Waals surface area contributed by atoms with E-state index in [-0.39, 0.29) is 12.8 Å². The van der Waals surface area contributed by atoms with Gasteiger partial charge >= 0.3 is 0 Å². The van der Waals surface area contributed by atoms with Crippen molar-refractivity contribution in [2.45, 2.75) is 63.3 Å². The van der Waals surface area contributed by atoms with E-state index in [4.69, 9.17) is 0 Å². The first-order chi connectivity index (χ1) is 22.1. The number of carbonyl (C=O) groups excluding carboxylic acids is 6. The van der Waals surface area contributed by atoms with Gasteiger partial charge in [-0.15, -0.1) is 0 Å². The molecule has 0 aliphatic carbocycles. The molecule has 0 unspecified atom stereocenters. The van der Waals surface area contributed by atoms with Crippen LogP contribution in [0.15, 0.2) is 60.7 Å². The molecule has 6 atom stereocenters. The predicted octanol–water partition coefficient (Wildman–Crippen LogP) is -1.94. The highest BCUT2D eigenvalue weighted by atomic mass is 16.3. The van der Waals surface area contributed by atoms with Crippen LogP contribution in [0.25, 0.3) is 0 Å². The van der Waals surface area contributed by atoms with Crippen LogP contribution in [-0.4, -0.2) is 95.6 Å². The van der Waals surface area contributed by atoms with Gasteiger partial charge < -0.3 is 42.1 Å². The van der Waals surface area contributed by atoms with E-state index in [2.05, 4.69) is 31.9 Å². The molecule has 0 saturated carbocycles. The number of nitrogens with one attached hydrogen (secondary N) is 6. The van der Waals surface area contributed by atoms with Gasteiger partial charge in [0.25, 0.3) is 0 Å². The summed E-state index contributed by atoms with van der Waals surface area (Å²) in [5.74, 6) is -5.17. The van der Waals surface area contributed by atoms with E-state index in [0.29, 0.717) is 17.5 Å². The summed E-state index contributed by atoms with van der Waals surface area (Å²) in [6.07, 6.45) is 0.512. The van der Waals surface area contributed by atoms with Crippen LogP contribution < -0.4 is 31.9 Å². The Morgan fingerprint density at radius 1 is 0.609 bits per heavy atom. The van der Waals surface area contributed by atoms with E-state index in [1.165, 1.54) is 0 Å². The van der Waals surface area contributed by atoms with E-state index in [1.54, 1.807) is 67.6 Å². The van der Waals surface area contributed by atoms with Gasteiger partial charge in [0.15, 0.2) is 0 Å². The standard InChI is InChI=1S/C32H42N6O8/c1-3-19(2)27-32(46)36-23(15-21-12-8-5-9-13-21)29(43)35-22(14-20-10-6-4-7-11-20)30(44)37-24(17-39)28(42)33-16-26(41)34-25(18-40)31(45)38-27/h4-13,19,22-25,27,39-40H,3,14-18H2,1-2H3,(H,33,42)(H,34,41)(H,35,43)(H,36,46)(H,37,44)(H,38,45)/t19-,22-,23-,24-,25-,27-/m0/s1. The maximum absolute atomic E-state index is 13.9. The monoisotopic (exact) mass is 638 g/mol. The van der Waals surface area contributed by atoms with Gasteiger partial charge in [0, 0.05) is 12.8 Å². The van der Waals surface area contributed by atoms with Gasteiger partial charge in [-0.1, -0.05) is 80.9 Å². The van der Waals surface area contributed by atoms with E-state index in [1.807, 2.05) is 6.92 Å². The van der Waals surface area contributed by atoms with Crippen molar-refractivity contribution < 1.29 is 39.0 Å². The molecule has 248 valence electrons. The molecule has 1 heterocycles. The van der Waals surface area contributed by atoms with Crippen molar-refractivity contribution in [3.63, 3.8) is 0 Å². The minimum Gasteiger partial charge on any atom is -0.394 e. The Labute approximate surface area is 267 Å².